The first kappa shape index (κ1) is 14.0. The molecule has 1 heterocycles. The molecule has 1 saturated heterocycles. The van der Waals surface area contributed by atoms with Gasteiger partial charge in [0.2, 0.25) is 0 Å². The van der Waals surface area contributed by atoms with Crippen LogP contribution in [0, 0.1) is 11.7 Å². The lowest BCUT2D eigenvalue weighted by molar-refractivity contribution is -0.147. The van der Waals surface area contributed by atoms with Crippen LogP contribution in [0.1, 0.15) is 24.9 Å². The fourth-order valence-electron chi connectivity index (χ4n) is 2.73. The third kappa shape index (κ3) is 2.62. The second-order valence-electron chi connectivity index (χ2n) is 5.14. The van der Waals surface area contributed by atoms with Crippen LogP contribution in [-0.4, -0.2) is 30.3 Å². The molecule has 2 rings (SSSR count). The lowest BCUT2D eigenvalue weighted by atomic mass is 9.91. The van der Waals surface area contributed by atoms with Crippen molar-refractivity contribution in [2.24, 2.45) is 5.92 Å². The van der Waals surface area contributed by atoms with Crippen LogP contribution in [0.2, 0.25) is 0 Å². The van der Waals surface area contributed by atoms with E-state index in [9.17, 15) is 14.3 Å². The van der Waals surface area contributed by atoms with E-state index in [1.807, 2.05) is 0 Å². The van der Waals surface area contributed by atoms with Gasteiger partial charge in [-0.2, -0.15) is 0 Å². The minimum atomic E-state index is -0.818. The molecule has 0 radical (unpaired) electrons. The molecule has 0 bridgehead atoms. The first-order valence-electron chi connectivity index (χ1n) is 6.22. The lowest BCUT2D eigenvalue weighted by Gasteiger charge is -2.22. The standard InChI is InChI=1S/C14H18FNO3/c1-14(13(18)19-2)7-10(8-17)12(16-14)9-3-5-11(15)6-4-9/h3-6,10,12,16-17H,7-8H2,1-2H3/t10-,12-,14+/m1/s1. The van der Waals surface area contributed by atoms with E-state index in [0.29, 0.717) is 6.42 Å². The molecule has 4 nitrogen and oxygen atoms in total. The Kier molecular flexibility index (Phi) is 3.87. The Morgan fingerprint density at radius 1 is 1.53 bits per heavy atom. The van der Waals surface area contributed by atoms with E-state index in [2.05, 4.69) is 5.32 Å². The Bertz CT molecular complexity index is 462. The molecule has 0 amide bonds. The monoisotopic (exact) mass is 267 g/mol. The van der Waals surface area contributed by atoms with Crippen molar-refractivity contribution in [3.63, 3.8) is 0 Å². The SMILES string of the molecule is COC(=O)[C@]1(C)C[C@H](CO)[C@@H](c2ccc(F)cc2)N1. The zero-order chi connectivity index (χ0) is 14.0. The van der Waals surface area contributed by atoms with Gasteiger partial charge in [-0.15, -0.1) is 0 Å². The largest absolute Gasteiger partial charge is 0.468 e. The third-order valence-corrected chi connectivity index (χ3v) is 3.72. The van der Waals surface area contributed by atoms with Gasteiger partial charge in [0.15, 0.2) is 0 Å². The van der Waals surface area contributed by atoms with Crippen LogP contribution < -0.4 is 5.32 Å². The Hall–Kier alpha value is -1.46. The Balaban J connectivity index is 2.25. The van der Waals surface area contributed by atoms with Crippen LogP contribution in [0.4, 0.5) is 4.39 Å². The van der Waals surface area contributed by atoms with Crippen LogP contribution in [0.15, 0.2) is 24.3 Å². The fourth-order valence-corrected chi connectivity index (χ4v) is 2.73. The highest BCUT2D eigenvalue weighted by Gasteiger charge is 2.47. The smallest absolute Gasteiger partial charge is 0.325 e. The average molecular weight is 267 g/mol. The average Bonchev–Trinajstić information content (AvgIpc) is 2.77. The highest BCUT2D eigenvalue weighted by Crippen LogP contribution is 2.38. The third-order valence-electron chi connectivity index (χ3n) is 3.72. The summed E-state index contributed by atoms with van der Waals surface area (Å²) >= 11 is 0. The number of aliphatic hydroxyl groups excluding tert-OH is 1. The number of benzene rings is 1. The fraction of sp³-hybridized carbons (Fsp3) is 0.500. The van der Waals surface area contributed by atoms with Crippen molar-refractivity contribution >= 4 is 5.97 Å². The summed E-state index contributed by atoms with van der Waals surface area (Å²) in [5.74, 6) is -0.761. The van der Waals surface area contributed by atoms with Gasteiger partial charge in [-0.3, -0.25) is 10.1 Å². The number of carbonyl (C=O) groups is 1. The number of carbonyl (C=O) groups excluding carboxylic acids is 1. The lowest BCUT2D eigenvalue weighted by Crippen LogP contribution is -2.45. The van der Waals surface area contributed by atoms with E-state index in [1.165, 1.54) is 19.2 Å². The predicted octanol–water partition coefficient (Wildman–Crippen LogP) is 1.40. The van der Waals surface area contributed by atoms with Crippen LogP contribution >= 0.6 is 0 Å². The normalized spacial score (nSPS) is 30.3. The Labute approximate surface area is 111 Å². The molecule has 0 aliphatic carbocycles. The van der Waals surface area contributed by atoms with Crippen LogP contribution in [0.3, 0.4) is 0 Å². The first-order valence-corrected chi connectivity index (χ1v) is 6.22. The van der Waals surface area contributed by atoms with E-state index in [1.54, 1.807) is 19.1 Å². The molecule has 0 unspecified atom stereocenters. The quantitative estimate of drug-likeness (QED) is 0.813. The summed E-state index contributed by atoms with van der Waals surface area (Å²) in [6, 6.07) is 5.89. The second kappa shape index (κ2) is 5.27. The summed E-state index contributed by atoms with van der Waals surface area (Å²) < 4.78 is 17.7. The summed E-state index contributed by atoms with van der Waals surface area (Å²) in [6.45, 7) is 1.71. The van der Waals surface area contributed by atoms with E-state index in [-0.39, 0.29) is 30.4 Å². The van der Waals surface area contributed by atoms with Gasteiger partial charge in [0, 0.05) is 18.6 Å². The zero-order valence-electron chi connectivity index (χ0n) is 11.0. The molecule has 104 valence electrons. The van der Waals surface area contributed by atoms with Crippen LogP contribution in [0.25, 0.3) is 0 Å². The molecule has 1 aliphatic rings. The molecule has 0 saturated carbocycles. The molecule has 3 atom stereocenters. The highest BCUT2D eigenvalue weighted by atomic mass is 19.1. The van der Waals surface area contributed by atoms with Gasteiger partial charge in [0.05, 0.1) is 7.11 Å². The summed E-state index contributed by atoms with van der Waals surface area (Å²) in [5.41, 5.74) is 0.0364. The molecular formula is C14H18FNO3. The second-order valence-corrected chi connectivity index (χ2v) is 5.14. The predicted molar refractivity (Wildman–Crippen MR) is 67.9 cm³/mol. The van der Waals surface area contributed by atoms with E-state index in [0.717, 1.165) is 5.56 Å². The molecular weight excluding hydrogens is 249 g/mol. The summed E-state index contributed by atoms with van der Waals surface area (Å²) in [7, 11) is 1.34. The van der Waals surface area contributed by atoms with Crippen LogP contribution in [0.5, 0.6) is 0 Å². The van der Waals surface area contributed by atoms with Crippen LogP contribution in [-0.2, 0) is 9.53 Å². The number of hydrogen-bond donors (Lipinski definition) is 2. The maximum absolute atomic E-state index is 12.9. The van der Waals surface area contributed by atoms with E-state index in [4.69, 9.17) is 4.74 Å². The molecule has 2 N–H and O–H groups in total. The maximum atomic E-state index is 12.9. The molecule has 1 aliphatic heterocycles. The number of ether oxygens (including phenoxy) is 1. The molecule has 5 heteroatoms. The van der Waals surface area contributed by atoms with E-state index >= 15 is 0 Å². The summed E-state index contributed by atoms with van der Waals surface area (Å²) in [4.78, 5) is 11.8. The number of rotatable bonds is 3. The van der Waals surface area contributed by atoms with Gasteiger partial charge in [0.1, 0.15) is 11.4 Å². The van der Waals surface area contributed by atoms with Gasteiger partial charge >= 0.3 is 5.97 Å². The van der Waals surface area contributed by atoms with Gasteiger partial charge in [-0.1, -0.05) is 12.1 Å². The summed E-state index contributed by atoms with van der Waals surface area (Å²) in [5, 5.41) is 12.7. The first-order chi connectivity index (χ1) is 9.00. The van der Waals surface area contributed by atoms with Crippen molar-refractivity contribution in [1.29, 1.82) is 0 Å². The van der Waals surface area contributed by atoms with Crippen molar-refractivity contribution in [2.75, 3.05) is 13.7 Å². The minimum Gasteiger partial charge on any atom is -0.468 e. The molecule has 0 spiro atoms. The van der Waals surface area contributed by atoms with Crippen molar-refractivity contribution < 1.29 is 19.0 Å². The molecule has 1 aromatic carbocycles. The number of hydrogen-bond acceptors (Lipinski definition) is 4. The van der Waals surface area contributed by atoms with Crippen molar-refractivity contribution in [3.05, 3.63) is 35.6 Å². The molecule has 1 fully saturated rings. The van der Waals surface area contributed by atoms with Gasteiger partial charge in [-0.25, -0.2) is 4.39 Å². The van der Waals surface area contributed by atoms with Crippen molar-refractivity contribution in [1.82, 2.24) is 5.32 Å². The number of aliphatic hydroxyl groups is 1. The highest BCUT2D eigenvalue weighted by molar-refractivity contribution is 5.80. The Morgan fingerprint density at radius 3 is 2.68 bits per heavy atom. The maximum Gasteiger partial charge on any atom is 0.325 e. The topological polar surface area (TPSA) is 58.6 Å². The zero-order valence-corrected chi connectivity index (χ0v) is 11.0. The number of nitrogens with one attached hydrogen (secondary N) is 1. The number of esters is 1. The van der Waals surface area contributed by atoms with Crippen molar-refractivity contribution in [3.8, 4) is 0 Å². The van der Waals surface area contributed by atoms with Gasteiger partial charge in [0.25, 0.3) is 0 Å². The Morgan fingerprint density at radius 2 is 2.16 bits per heavy atom. The van der Waals surface area contributed by atoms with Gasteiger partial charge in [-0.05, 0) is 31.0 Å². The van der Waals surface area contributed by atoms with Gasteiger partial charge < -0.3 is 9.84 Å². The minimum absolute atomic E-state index is 0.0401. The number of methoxy groups -OCH3 is 1. The molecule has 19 heavy (non-hydrogen) atoms. The molecule has 1 aromatic rings. The molecule has 0 aromatic heterocycles. The number of halogens is 1. The van der Waals surface area contributed by atoms with Crippen molar-refractivity contribution in [2.45, 2.75) is 24.9 Å². The van der Waals surface area contributed by atoms with E-state index < -0.39 is 5.54 Å². The summed E-state index contributed by atoms with van der Waals surface area (Å²) in [6.07, 6.45) is 0.484.